The van der Waals surface area contributed by atoms with Crippen molar-refractivity contribution in [1.82, 2.24) is 5.32 Å². The molecule has 0 aliphatic carbocycles. The smallest absolute Gasteiger partial charge is 0.238 e. The molecule has 2 aromatic carbocycles. The molecule has 2 aromatic rings. The summed E-state index contributed by atoms with van der Waals surface area (Å²) in [6.07, 6.45) is 0.922. The maximum Gasteiger partial charge on any atom is 0.238 e. The average molecular weight is 340 g/mol. The number of anilines is 1. The average Bonchev–Trinajstić information content (AvgIpc) is 2.62. The zero-order valence-corrected chi connectivity index (χ0v) is 15.3. The first-order valence-corrected chi connectivity index (χ1v) is 8.90. The van der Waals surface area contributed by atoms with E-state index in [0.717, 1.165) is 6.42 Å². The fourth-order valence-corrected chi connectivity index (χ4v) is 2.55. The number of ether oxygens (including phenoxy) is 1. The van der Waals surface area contributed by atoms with Crippen molar-refractivity contribution < 1.29 is 9.53 Å². The van der Waals surface area contributed by atoms with Gasteiger partial charge in [-0.15, -0.1) is 0 Å². The van der Waals surface area contributed by atoms with Gasteiger partial charge < -0.3 is 15.4 Å². The van der Waals surface area contributed by atoms with Crippen molar-refractivity contribution >= 4 is 11.6 Å². The van der Waals surface area contributed by atoms with Gasteiger partial charge >= 0.3 is 0 Å². The number of para-hydroxylation sites is 2. The molecule has 2 rings (SSSR count). The second-order valence-electron chi connectivity index (χ2n) is 6.50. The molecule has 0 saturated carbocycles. The molecule has 0 heterocycles. The van der Waals surface area contributed by atoms with Crippen LogP contribution >= 0.6 is 0 Å². The minimum atomic E-state index is -0.0741. The second-order valence-corrected chi connectivity index (χ2v) is 6.50. The summed E-state index contributed by atoms with van der Waals surface area (Å²) in [6, 6.07) is 17.9. The van der Waals surface area contributed by atoms with Gasteiger partial charge in [-0.3, -0.25) is 4.79 Å². The third kappa shape index (κ3) is 6.24. The molecular formula is C21H28N2O2. The molecule has 0 fully saturated rings. The molecule has 0 aliphatic rings. The standard InChI is InChI=1S/C21H28N2O2/c1-4-18(17-10-6-5-7-11-17)22-14-21(24)23-19-12-8-9-13-20(19)25-15-16(2)3/h5-13,16,18,22H,4,14-15H2,1-3H3,(H,23,24). The third-order valence-corrected chi connectivity index (χ3v) is 3.85. The van der Waals surface area contributed by atoms with Gasteiger partial charge in [-0.25, -0.2) is 0 Å². The highest BCUT2D eigenvalue weighted by molar-refractivity contribution is 5.93. The Kier molecular flexibility index (Phi) is 7.48. The quantitative estimate of drug-likeness (QED) is 0.711. The van der Waals surface area contributed by atoms with Crippen LogP contribution in [0.5, 0.6) is 5.75 Å². The molecule has 0 spiro atoms. The van der Waals surface area contributed by atoms with E-state index in [1.807, 2.05) is 42.5 Å². The lowest BCUT2D eigenvalue weighted by atomic mass is 10.0. The predicted octanol–water partition coefficient (Wildman–Crippen LogP) is 4.40. The second kappa shape index (κ2) is 9.84. The molecular weight excluding hydrogens is 312 g/mol. The number of carbonyl (C=O) groups excluding carboxylic acids is 1. The van der Waals surface area contributed by atoms with Crippen molar-refractivity contribution in [3.63, 3.8) is 0 Å². The largest absolute Gasteiger partial charge is 0.491 e. The number of amides is 1. The molecule has 134 valence electrons. The molecule has 0 saturated heterocycles. The molecule has 1 unspecified atom stereocenters. The first kappa shape index (κ1) is 19.0. The predicted molar refractivity (Wildman–Crippen MR) is 103 cm³/mol. The minimum absolute atomic E-state index is 0.0741. The lowest BCUT2D eigenvalue weighted by Crippen LogP contribution is -2.31. The van der Waals surface area contributed by atoms with Crippen LogP contribution in [0.1, 0.15) is 38.8 Å². The SMILES string of the molecule is CCC(NCC(=O)Nc1ccccc1OCC(C)C)c1ccccc1. The van der Waals surface area contributed by atoms with Gasteiger partial charge in [-0.2, -0.15) is 0 Å². The van der Waals surface area contributed by atoms with E-state index in [9.17, 15) is 4.79 Å². The number of carbonyl (C=O) groups is 1. The van der Waals surface area contributed by atoms with Gasteiger partial charge in [-0.1, -0.05) is 63.2 Å². The Labute approximate surface area is 150 Å². The number of rotatable bonds is 9. The van der Waals surface area contributed by atoms with Gasteiger partial charge in [0.05, 0.1) is 18.8 Å². The first-order chi connectivity index (χ1) is 12.1. The van der Waals surface area contributed by atoms with Crippen LogP contribution in [0, 0.1) is 5.92 Å². The molecule has 0 bridgehead atoms. The highest BCUT2D eigenvalue weighted by Crippen LogP contribution is 2.24. The van der Waals surface area contributed by atoms with Crippen LogP contribution in [-0.2, 0) is 4.79 Å². The van der Waals surface area contributed by atoms with E-state index in [1.165, 1.54) is 5.56 Å². The summed E-state index contributed by atoms with van der Waals surface area (Å²) in [5, 5.41) is 6.26. The lowest BCUT2D eigenvalue weighted by Gasteiger charge is -2.18. The lowest BCUT2D eigenvalue weighted by molar-refractivity contribution is -0.115. The Hall–Kier alpha value is -2.33. The van der Waals surface area contributed by atoms with Crippen LogP contribution in [0.3, 0.4) is 0 Å². The molecule has 1 amide bonds. The van der Waals surface area contributed by atoms with Gasteiger partial charge in [0, 0.05) is 6.04 Å². The van der Waals surface area contributed by atoms with Crippen LogP contribution in [0.15, 0.2) is 54.6 Å². The summed E-state index contributed by atoms with van der Waals surface area (Å²) in [5.41, 5.74) is 1.90. The van der Waals surface area contributed by atoms with Crippen molar-refractivity contribution in [3.05, 3.63) is 60.2 Å². The summed E-state index contributed by atoms with van der Waals surface area (Å²) in [7, 11) is 0. The third-order valence-electron chi connectivity index (χ3n) is 3.85. The Morgan fingerprint density at radius 2 is 1.72 bits per heavy atom. The fourth-order valence-electron chi connectivity index (χ4n) is 2.55. The van der Waals surface area contributed by atoms with Crippen LogP contribution in [0.2, 0.25) is 0 Å². The molecule has 4 heteroatoms. The van der Waals surface area contributed by atoms with Gasteiger partial charge in [0.25, 0.3) is 0 Å². The van der Waals surface area contributed by atoms with E-state index in [2.05, 4.69) is 43.5 Å². The zero-order valence-electron chi connectivity index (χ0n) is 15.3. The molecule has 4 nitrogen and oxygen atoms in total. The maximum absolute atomic E-state index is 12.3. The topological polar surface area (TPSA) is 50.4 Å². The van der Waals surface area contributed by atoms with E-state index >= 15 is 0 Å². The normalized spacial score (nSPS) is 12.0. The Balaban J connectivity index is 1.92. The summed E-state index contributed by atoms with van der Waals surface area (Å²) >= 11 is 0. The Morgan fingerprint density at radius 3 is 2.40 bits per heavy atom. The van der Waals surface area contributed by atoms with E-state index in [1.54, 1.807) is 0 Å². The molecule has 2 N–H and O–H groups in total. The minimum Gasteiger partial charge on any atom is -0.491 e. The van der Waals surface area contributed by atoms with E-state index in [4.69, 9.17) is 4.74 Å². The van der Waals surface area contributed by atoms with Crippen molar-refractivity contribution in [3.8, 4) is 5.75 Å². The number of hydrogen-bond acceptors (Lipinski definition) is 3. The molecule has 0 radical (unpaired) electrons. The number of benzene rings is 2. The summed E-state index contributed by atoms with van der Waals surface area (Å²) in [4.78, 5) is 12.3. The summed E-state index contributed by atoms with van der Waals surface area (Å²) in [6.45, 7) is 7.18. The molecule has 25 heavy (non-hydrogen) atoms. The van der Waals surface area contributed by atoms with Crippen molar-refractivity contribution in [2.45, 2.75) is 33.2 Å². The van der Waals surface area contributed by atoms with Crippen LogP contribution in [-0.4, -0.2) is 19.1 Å². The van der Waals surface area contributed by atoms with Gasteiger partial charge in [0.2, 0.25) is 5.91 Å². The Bertz CT molecular complexity index is 656. The van der Waals surface area contributed by atoms with Crippen LogP contribution in [0.25, 0.3) is 0 Å². The zero-order chi connectivity index (χ0) is 18.1. The summed E-state index contributed by atoms with van der Waals surface area (Å²) < 4.78 is 5.78. The fraction of sp³-hybridized carbons (Fsp3) is 0.381. The van der Waals surface area contributed by atoms with Crippen molar-refractivity contribution in [2.75, 3.05) is 18.5 Å². The van der Waals surface area contributed by atoms with Crippen molar-refractivity contribution in [2.24, 2.45) is 5.92 Å². The van der Waals surface area contributed by atoms with Crippen LogP contribution < -0.4 is 15.4 Å². The van der Waals surface area contributed by atoms with Gasteiger partial charge in [0.1, 0.15) is 5.75 Å². The molecule has 1 atom stereocenters. The van der Waals surface area contributed by atoms with E-state index in [0.29, 0.717) is 24.0 Å². The van der Waals surface area contributed by atoms with Gasteiger partial charge in [0.15, 0.2) is 0 Å². The number of nitrogens with one attached hydrogen (secondary N) is 2. The van der Waals surface area contributed by atoms with E-state index in [-0.39, 0.29) is 18.5 Å². The molecule has 0 aromatic heterocycles. The maximum atomic E-state index is 12.3. The summed E-state index contributed by atoms with van der Waals surface area (Å²) in [5.74, 6) is 1.07. The van der Waals surface area contributed by atoms with Gasteiger partial charge in [-0.05, 0) is 30.0 Å². The van der Waals surface area contributed by atoms with E-state index < -0.39 is 0 Å². The monoisotopic (exact) mass is 340 g/mol. The Morgan fingerprint density at radius 1 is 1.04 bits per heavy atom. The first-order valence-electron chi connectivity index (χ1n) is 8.90. The molecule has 0 aliphatic heterocycles. The van der Waals surface area contributed by atoms with Crippen LogP contribution in [0.4, 0.5) is 5.69 Å². The highest BCUT2D eigenvalue weighted by atomic mass is 16.5. The number of hydrogen-bond donors (Lipinski definition) is 2. The van der Waals surface area contributed by atoms with Crippen molar-refractivity contribution in [1.29, 1.82) is 0 Å². The highest BCUT2D eigenvalue weighted by Gasteiger charge is 2.12.